The van der Waals surface area contributed by atoms with Crippen LogP contribution in [0.2, 0.25) is 0 Å². The second-order valence-corrected chi connectivity index (χ2v) is 7.33. The topological polar surface area (TPSA) is 83.6 Å². The molecule has 2 bridgehead atoms. The Morgan fingerprint density at radius 1 is 1.12 bits per heavy atom. The summed E-state index contributed by atoms with van der Waals surface area (Å²) in [6.07, 6.45) is 3.01. The Balaban J connectivity index is 1.45. The molecule has 3 aliphatic rings. The lowest BCUT2D eigenvalue weighted by Gasteiger charge is -2.19. The van der Waals surface area contributed by atoms with Crippen molar-refractivity contribution in [3.05, 3.63) is 29.8 Å². The summed E-state index contributed by atoms with van der Waals surface area (Å²) in [6.45, 7) is 1.20. The molecule has 1 heterocycles. The summed E-state index contributed by atoms with van der Waals surface area (Å²) in [4.78, 5) is 50.0. The van der Waals surface area contributed by atoms with Crippen molar-refractivity contribution in [2.75, 3.05) is 11.9 Å². The summed E-state index contributed by atoms with van der Waals surface area (Å²) in [5.41, 5.74) is 0.981. The highest BCUT2D eigenvalue weighted by Crippen LogP contribution is 2.56. The van der Waals surface area contributed by atoms with E-state index in [0.717, 1.165) is 24.2 Å². The highest BCUT2D eigenvalue weighted by molar-refractivity contribution is 6.09. The highest BCUT2D eigenvalue weighted by Gasteiger charge is 2.60. The maximum absolute atomic E-state index is 12.6. The molecule has 4 atom stereocenters. The maximum atomic E-state index is 12.6. The van der Waals surface area contributed by atoms with Crippen LogP contribution >= 0.6 is 0 Å². The molecule has 1 saturated heterocycles. The first-order chi connectivity index (χ1) is 12.0. The highest BCUT2D eigenvalue weighted by atomic mass is 16.2. The smallest absolute Gasteiger partial charge is 0.244 e. The van der Waals surface area contributed by atoms with Crippen LogP contribution in [0.5, 0.6) is 0 Å². The third kappa shape index (κ3) is 2.56. The first-order valence-electron chi connectivity index (χ1n) is 8.72. The van der Waals surface area contributed by atoms with E-state index in [1.807, 2.05) is 0 Å². The van der Waals surface area contributed by atoms with Gasteiger partial charge in [-0.05, 0) is 50.2 Å². The van der Waals surface area contributed by atoms with Gasteiger partial charge in [-0.2, -0.15) is 0 Å². The third-order valence-electron chi connectivity index (χ3n) is 5.87. The van der Waals surface area contributed by atoms with Crippen molar-refractivity contribution in [1.82, 2.24) is 4.90 Å². The minimum atomic E-state index is -0.422. The van der Waals surface area contributed by atoms with Gasteiger partial charge in [-0.1, -0.05) is 12.1 Å². The van der Waals surface area contributed by atoms with Crippen LogP contribution in [0.3, 0.4) is 0 Å². The van der Waals surface area contributed by atoms with E-state index in [1.165, 1.54) is 6.92 Å². The van der Waals surface area contributed by atoms with E-state index in [-0.39, 0.29) is 36.0 Å². The number of hydrogen-bond acceptors (Lipinski definition) is 4. The van der Waals surface area contributed by atoms with Crippen LogP contribution in [0.4, 0.5) is 5.69 Å². The lowest BCUT2D eigenvalue weighted by molar-refractivity contribution is -0.143. The molecule has 4 rings (SSSR count). The quantitative estimate of drug-likeness (QED) is 0.670. The van der Waals surface area contributed by atoms with Crippen molar-refractivity contribution in [3.63, 3.8) is 0 Å². The van der Waals surface area contributed by atoms with Gasteiger partial charge in [0.15, 0.2) is 5.78 Å². The number of carbonyl (C=O) groups is 4. The monoisotopic (exact) mass is 340 g/mol. The molecular formula is C19H20N2O4. The van der Waals surface area contributed by atoms with Crippen LogP contribution < -0.4 is 5.32 Å². The number of fused-ring (bicyclic) bond motifs is 5. The number of likely N-dealkylation sites (tertiary alicyclic amines) is 1. The Kier molecular flexibility index (Phi) is 3.71. The van der Waals surface area contributed by atoms with Crippen LogP contribution in [0.25, 0.3) is 0 Å². The first kappa shape index (κ1) is 16.0. The molecule has 3 amide bonds. The average molecular weight is 340 g/mol. The molecule has 1 aliphatic heterocycles. The maximum Gasteiger partial charge on any atom is 0.244 e. The second-order valence-electron chi connectivity index (χ2n) is 7.33. The SMILES string of the molecule is CC(=O)c1cccc(NC(=O)CN2C(=O)[C@H]3[C@@H]4CC[C@@H](C4)[C@@H]3C2=O)c1. The molecule has 1 aromatic carbocycles. The zero-order valence-corrected chi connectivity index (χ0v) is 14.0. The van der Waals surface area contributed by atoms with Crippen molar-refractivity contribution in [2.45, 2.75) is 26.2 Å². The summed E-state index contributed by atoms with van der Waals surface area (Å²) in [5, 5.41) is 2.67. The van der Waals surface area contributed by atoms with Gasteiger partial charge in [-0.15, -0.1) is 0 Å². The fraction of sp³-hybridized carbons (Fsp3) is 0.474. The molecule has 0 radical (unpaired) electrons. The number of imide groups is 1. The van der Waals surface area contributed by atoms with E-state index in [9.17, 15) is 19.2 Å². The normalized spacial score (nSPS) is 29.9. The third-order valence-corrected chi connectivity index (χ3v) is 5.87. The molecule has 6 nitrogen and oxygen atoms in total. The Morgan fingerprint density at radius 2 is 1.76 bits per heavy atom. The number of anilines is 1. The summed E-state index contributed by atoms with van der Waals surface area (Å²) >= 11 is 0. The predicted molar refractivity (Wildman–Crippen MR) is 89.6 cm³/mol. The number of Topliss-reactive ketones (excluding diaryl/α,β-unsaturated/α-hetero) is 1. The Bertz CT molecular complexity index is 759. The second kappa shape index (κ2) is 5.79. The first-order valence-corrected chi connectivity index (χ1v) is 8.72. The van der Waals surface area contributed by atoms with Gasteiger partial charge in [0.25, 0.3) is 0 Å². The van der Waals surface area contributed by atoms with E-state index >= 15 is 0 Å². The van der Waals surface area contributed by atoms with E-state index in [2.05, 4.69) is 5.32 Å². The fourth-order valence-corrected chi connectivity index (χ4v) is 4.79. The van der Waals surface area contributed by atoms with Gasteiger partial charge in [0.2, 0.25) is 17.7 Å². The molecule has 1 N–H and O–H groups in total. The zero-order valence-electron chi connectivity index (χ0n) is 14.0. The number of amides is 3. The number of nitrogens with one attached hydrogen (secondary N) is 1. The molecule has 2 aliphatic carbocycles. The van der Waals surface area contributed by atoms with Gasteiger partial charge in [0, 0.05) is 11.3 Å². The summed E-state index contributed by atoms with van der Waals surface area (Å²) in [7, 11) is 0. The fourth-order valence-electron chi connectivity index (χ4n) is 4.79. The van der Waals surface area contributed by atoms with E-state index in [4.69, 9.17) is 0 Å². The number of carbonyl (C=O) groups excluding carboxylic acids is 4. The van der Waals surface area contributed by atoms with Crippen LogP contribution in [0, 0.1) is 23.7 Å². The lowest BCUT2D eigenvalue weighted by atomic mass is 9.81. The molecule has 0 unspecified atom stereocenters. The average Bonchev–Trinajstić information content (AvgIpc) is 3.25. The number of benzene rings is 1. The summed E-state index contributed by atoms with van der Waals surface area (Å²) in [6, 6.07) is 6.61. The molecule has 130 valence electrons. The minimum Gasteiger partial charge on any atom is -0.325 e. The molecule has 1 aromatic rings. The van der Waals surface area contributed by atoms with Gasteiger partial charge in [0.05, 0.1) is 11.8 Å². The lowest BCUT2D eigenvalue weighted by Crippen LogP contribution is -2.39. The molecule has 2 saturated carbocycles. The van der Waals surface area contributed by atoms with Crippen LogP contribution in [-0.2, 0) is 14.4 Å². The Labute approximate surface area is 145 Å². The molecule has 25 heavy (non-hydrogen) atoms. The molecule has 6 heteroatoms. The van der Waals surface area contributed by atoms with Crippen molar-refractivity contribution < 1.29 is 19.2 Å². The van der Waals surface area contributed by atoms with Crippen molar-refractivity contribution >= 4 is 29.2 Å². The van der Waals surface area contributed by atoms with Gasteiger partial charge in [-0.25, -0.2) is 0 Å². The number of hydrogen-bond donors (Lipinski definition) is 1. The van der Waals surface area contributed by atoms with E-state index in [1.54, 1.807) is 24.3 Å². The number of ketones is 1. The van der Waals surface area contributed by atoms with Crippen molar-refractivity contribution in [1.29, 1.82) is 0 Å². The zero-order chi connectivity index (χ0) is 17.7. The van der Waals surface area contributed by atoms with E-state index in [0.29, 0.717) is 23.1 Å². The number of nitrogens with zero attached hydrogens (tertiary/aromatic N) is 1. The molecule has 0 spiro atoms. The van der Waals surface area contributed by atoms with E-state index < -0.39 is 5.91 Å². The predicted octanol–water partition coefficient (Wildman–Crippen LogP) is 1.86. The Hall–Kier alpha value is -2.50. The molecular weight excluding hydrogens is 320 g/mol. The number of rotatable bonds is 4. The largest absolute Gasteiger partial charge is 0.325 e. The van der Waals surface area contributed by atoms with Crippen molar-refractivity contribution in [2.24, 2.45) is 23.7 Å². The summed E-state index contributed by atoms with van der Waals surface area (Å²) in [5.74, 6) is -0.678. The van der Waals surface area contributed by atoms with Crippen molar-refractivity contribution in [3.8, 4) is 0 Å². The molecule has 3 fully saturated rings. The van der Waals surface area contributed by atoms with Gasteiger partial charge < -0.3 is 5.32 Å². The van der Waals surface area contributed by atoms with Gasteiger partial charge in [-0.3, -0.25) is 24.1 Å². The Morgan fingerprint density at radius 3 is 2.36 bits per heavy atom. The van der Waals surface area contributed by atoms with Gasteiger partial charge in [0.1, 0.15) is 6.54 Å². The minimum absolute atomic E-state index is 0.0932. The van der Waals surface area contributed by atoms with Crippen LogP contribution in [0.15, 0.2) is 24.3 Å². The standard InChI is InChI=1S/C19H20N2O4/c1-10(22)11-3-2-4-14(8-11)20-15(23)9-21-18(24)16-12-5-6-13(7-12)17(16)19(21)25/h2-4,8,12-13,16-17H,5-7,9H2,1H3,(H,20,23)/t12-,13+,16-,17-/m0/s1. The summed E-state index contributed by atoms with van der Waals surface area (Å²) < 4.78 is 0. The molecule has 0 aromatic heterocycles. The van der Waals surface area contributed by atoms with Crippen LogP contribution in [0.1, 0.15) is 36.5 Å². The van der Waals surface area contributed by atoms with Crippen LogP contribution in [-0.4, -0.2) is 34.9 Å². The van der Waals surface area contributed by atoms with Gasteiger partial charge >= 0.3 is 0 Å².